The molecule has 0 spiro atoms. The lowest BCUT2D eigenvalue weighted by Crippen LogP contribution is -2.52. The molecule has 1 aromatic rings. The summed E-state index contributed by atoms with van der Waals surface area (Å²) in [4.78, 5) is 14.2. The van der Waals surface area contributed by atoms with Gasteiger partial charge in [0, 0.05) is 25.6 Å². The first kappa shape index (κ1) is 13.1. The van der Waals surface area contributed by atoms with Gasteiger partial charge in [-0.3, -0.25) is 4.79 Å². The maximum Gasteiger partial charge on any atom is 0.239 e. The van der Waals surface area contributed by atoms with Crippen LogP contribution in [0.15, 0.2) is 22.8 Å². The van der Waals surface area contributed by atoms with Gasteiger partial charge >= 0.3 is 0 Å². The summed E-state index contributed by atoms with van der Waals surface area (Å²) in [6, 6.07) is 4.19. The second kappa shape index (κ2) is 6.05. The van der Waals surface area contributed by atoms with Crippen LogP contribution < -0.4 is 5.32 Å². The number of nitrogens with zero attached hydrogens (tertiary/aromatic N) is 1. The van der Waals surface area contributed by atoms with Crippen LogP contribution >= 0.6 is 0 Å². The van der Waals surface area contributed by atoms with E-state index >= 15 is 0 Å². The Morgan fingerprint density at radius 1 is 1.56 bits per heavy atom. The average molecular weight is 250 g/mol. The Morgan fingerprint density at radius 2 is 2.39 bits per heavy atom. The lowest BCUT2D eigenvalue weighted by Gasteiger charge is -2.33. The van der Waals surface area contributed by atoms with Crippen molar-refractivity contribution in [1.82, 2.24) is 10.2 Å². The number of furan rings is 1. The van der Waals surface area contributed by atoms with Gasteiger partial charge < -0.3 is 14.6 Å². The molecule has 4 heteroatoms. The molecule has 1 N–H and O–H groups in total. The van der Waals surface area contributed by atoms with E-state index in [2.05, 4.69) is 19.2 Å². The predicted octanol–water partition coefficient (Wildman–Crippen LogP) is 1.81. The Labute approximate surface area is 108 Å². The standard InChI is InChI=1S/C14H22N2O2/c1-11(2)15-13-6-3-8-16(14(13)17)9-7-12-5-4-10-18-12/h4-5,10-11,13,15H,3,6-9H2,1-2H3. The van der Waals surface area contributed by atoms with Crippen LogP contribution in [-0.4, -0.2) is 36.0 Å². The van der Waals surface area contributed by atoms with E-state index in [1.165, 1.54) is 0 Å². The van der Waals surface area contributed by atoms with Crippen LogP contribution in [0.4, 0.5) is 0 Å². The predicted molar refractivity (Wildman–Crippen MR) is 70.3 cm³/mol. The summed E-state index contributed by atoms with van der Waals surface area (Å²) in [6.45, 7) is 5.78. The van der Waals surface area contributed by atoms with Crippen molar-refractivity contribution in [2.45, 2.75) is 45.2 Å². The first-order chi connectivity index (χ1) is 8.66. The van der Waals surface area contributed by atoms with Crippen LogP contribution in [0, 0.1) is 0 Å². The van der Waals surface area contributed by atoms with E-state index in [4.69, 9.17) is 4.42 Å². The molecule has 18 heavy (non-hydrogen) atoms. The molecule has 1 aliphatic rings. The van der Waals surface area contributed by atoms with Crippen molar-refractivity contribution in [1.29, 1.82) is 0 Å². The Balaban J connectivity index is 1.86. The number of piperidine rings is 1. The molecule has 1 amide bonds. The number of carbonyl (C=O) groups is 1. The van der Waals surface area contributed by atoms with Gasteiger partial charge in [-0.1, -0.05) is 13.8 Å². The van der Waals surface area contributed by atoms with E-state index in [-0.39, 0.29) is 11.9 Å². The number of amides is 1. The minimum atomic E-state index is -0.00430. The molecule has 100 valence electrons. The second-order valence-corrected chi connectivity index (χ2v) is 5.17. The van der Waals surface area contributed by atoms with Crippen LogP contribution in [0.2, 0.25) is 0 Å². The maximum absolute atomic E-state index is 12.3. The zero-order valence-corrected chi connectivity index (χ0v) is 11.2. The van der Waals surface area contributed by atoms with Crippen molar-refractivity contribution in [3.63, 3.8) is 0 Å². The molecule has 1 aliphatic heterocycles. The molecule has 1 unspecified atom stereocenters. The highest BCUT2D eigenvalue weighted by Crippen LogP contribution is 2.13. The van der Waals surface area contributed by atoms with Gasteiger partial charge in [0.2, 0.25) is 5.91 Å². The van der Waals surface area contributed by atoms with Crippen LogP contribution in [-0.2, 0) is 11.2 Å². The van der Waals surface area contributed by atoms with Crippen molar-refractivity contribution >= 4 is 5.91 Å². The molecule has 0 aliphatic carbocycles. The molecule has 0 bridgehead atoms. The topological polar surface area (TPSA) is 45.5 Å². The molecule has 0 aromatic carbocycles. The zero-order chi connectivity index (χ0) is 13.0. The molecule has 0 radical (unpaired) electrons. The molecule has 2 heterocycles. The number of likely N-dealkylation sites (tertiary alicyclic amines) is 1. The van der Waals surface area contributed by atoms with Gasteiger partial charge in [-0.25, -0.2) is 0 Å². The Hall–Kier alpha value is -1.29. The van der Waals surface area contributed by atoms with Crippen molar-refractivity contribution in [3.05, 3.63) is 24.2 Å². The number of carbonyl (C=O) groups excluding carboxylic acids is 1. The van der Waals surface area contributed by atoms with Crippen LogP contribution in [0.5, 0.6) is 0 Å². The quantitative estimate of drug-likeness (QED) is 0.867. The van der Waals surface area contributed by atoms with E-state index in [1.54, 1.807) is 6.26 Å². The van der Waals surface area contributed by atoms with Crippen LogP contribution in [0.25, 0.3) is 0 Å². The lowest BCUT2D eigenvalue weighted by molar-refractivity contribution is -0.136. The van der Waals surface area contributed by atoms with Crippen LogP contribution in [0.1, 0.15) is 32.4 Å². The summed E-state index contributed by atoms with van der Waals surface area (Å²) in [5.74, 6) is 1.18. The highest BCUT2D eigenvalue weighted by atomic mass is 16.3. The number of hydrogen-bond acceptors (Lipinski definition) is 3. The molecule has 1 atom stereocenters. The Bertz CT molecular complexity index is 373. The molecule has 1 fully saturated rings. The maximum atomic E-state index is 12.3. The summed E-state index contributed by atoms with van der Waals surface area (Å²) in [7, 11) is 0. The van der Waals surface area contributed by atoms with Gasteiger partial charge in [-0.05, 0) is 25.0 Å². The molecule has 2 rings (SSSR count). The fourth-order valence-corrected chi connectivity index (χ4v) is 2.42. The van der Waals surface area contributed by atoms with Crippen molar-refractivity contribution in [3.8, 4) is 0 Å². The van der Waals surface area contributed by atoms with Gasteiger partial charge in [0.05, 0.1) is 12.3 Å². The first-order valence-corrected chi connectivity index (χ1v) is 6.74. The van der Waals surface area contributed by atoms with E-state index < -0.39 is 0 Å². The molecule has 1 saturated heterocycles. The highest BCUT2D eigenvalue weighted by Gasteiger charge is 2.28. The SMILES string of the molecule is CC(C)NC1CCCN(CCc2ccco2)C1=O. The smallest absolute Gasteiger partial charge is 0.239 e. The third-order valence-electron chi connectivity index (χ3n) is 3.27. The number of nitrogens with one attached hydrogen (secondary N) is 1. The summed E-state index contributed by atoms with van der Waals surface area (Å²) in [5.41, 5.74) is 0. The van der Waals surface area contributed by atoms with Gasteiger partial charge in [-0.15, -0.1) is 0 Å². The Morgan fingerprint density at radius 3 is 3.06 bits per heavy atom. The molecular formula is C14H22N2O2. The summed E-state index contributed by atoms with van der Waals surface area (Å²) in [5, 5.41) is 3.34. The highest BCUT2D eigenvalue weighted by molar-refractivity contribution is 5.82. The molecule has 0 saturated carbocycles. The molecule has 4 nitrogen and oxygen atoms in total. The van der Waals surface area contributed by atoms with Gasteiger partial charge in [0.25, 0.3) is 0 Å². The third-order valence-corrected chi connectivity index (χ3v) is 3.27. The number of hydrogen-bond donors (Lipinski definition) is 1. The minimum absolute atomic E-state index is 0.00430. The zero-order valence-electron chi connectivity index (χ0n) is 11.2. The van der Waals surface area contributed by atoms with E-state index in [0.717, 1.165) is 38.1 Å². The first-order valence-electron chi connectivity index (χ1n) is 6.74. The average Bonchev–Trinajstić information content (AvgIpc) is 2.83. The summed E-state index contributed by atoms with van der Waals surface area (Å²) in [6.07, 6.45) is 4.51. The van der Waals surface area contributed by atoms with E-state index in [9.17, 15) is 4.79 Å². The third kappa shape index (κ3) is 3.35. The fraction of sp³-hybridized carbons (Fsp3) is 0.643. The van der Waals surface area contributed by atoms with Gasteiger partial charge in [0.15, 0.2) is 0 Å². The monoisotopic (exact) mass is 250 g/mol. The van der Waals surface area contributed by atoms with Crippen molar-refractivity contribution < 1.29 is 9.21 Å². The summed E-state index contributed by atoms with van der Waals surface area (Å²) < 4.78 is 5.30. The van der Waals surface area contributed by atoms with Gasteiger partial charge in [0.1, 0.15) is 5.76 Å². The summed E-state index contributed by atoms with van der Waals surface area (Å²) >= 11 is 0. The normalized spacial score (nSPS) is 20.7. The second-order valence-electron chi connectivity index (χ2n) is 5.17. The number of rotatable bonds is 5. The Kier molecular flexibility index (Phi) is 4.42. The van der Waals surface area contributed by atoms with Crippen molar-refractivity contribution in [2.24, 2.45) is 0 Å². The van der Waals surface area contributed by atoms with Crippen molar-refractivity contribution in [2.75, 3.05) is 13.1 Å². The largest absolute Gasteiger partial charge is 0.469 e. The lowest BCUT2D eigenvalue weighted by atomic mass is 10.0. The fourth-order valence-electron chi connectivity index (χ4n) is 2.42. The minimum Gasteiger partial charge on any atom is -0.469 e. The van der Waals surface area contributed by atoms with Crippen LogP contribution in [0.3, 0.4) is 0 Å². The molecule has 1 aromatic heterocycles. The van der Waals surface area contributed by atoms with Gasteiger partial charge in [-0.2, -0.15) is 0 Å². The molecular weight excluding hydrogens is 228 g/mol. The van der Waals surface area contributed by atoms with E-state index in [0.29, 0.717) is 6.04 Å². The van der Waals surface area contributed by atoms with E-state index in [1.807, 2.05) is 17.0 Å².